The first-order chi connectivity index (χ1) is 13.3. The Kier molecular flexibility index (Phi) is 6.87. The van der Waals surface area contributed by atoms with Crippen LogP contribution in [-0.4, -0.2) is 32.6 Å². The van der Waals surface area contributed by atoms with Gasteiger partial charge in [-0.25, -0.2) is 0 Å². The topological polar surface area (TPSA) is 85.9 Å². The van der Waals surface area contributed by atoms with E-state index in [0.29, 0.717) is 35.2 Å². The number of hydrogen-bond acceptors (Lipinski definition) is 5. The molecule has 0 heterocycles. The van der Waals surface area contributed by atoms with Gasteiger partial charge in [0, 0.05) is 11.8 Å². The molecule has 0 fully saturated rings. The standard InChI is InChI=1S/C21H26N2O5/c1-6-28-15-9-7-14(8-10-15)22-19(24)21(2,3)20(25)23-17-12-11-16(26-4)13-18(17)27-5/h7-13H,6H2,1-5H3,(H,22,24)(H,23,25). The Bertz CT molecular complexity index is 831. The van der Waals surface area contributed by atoms with Gasteiger partial charge in [-0.1, -0.05) is 0 Å². The van der Waals surface area contributed by atoms with E-state index in [4.69, 9.17) is 14.2 Å². The second-order valence-electron chi connectivity index (χ2n) is 6.56. The fourth-order valence-corrected chi connectivity index (χ4v) is 2.37. The number of hydrogen-bond donors (Lipinski definition) is 2. The molecular weight excluding hydrogens is 360 g/mol. The first kappa shape index (κ1) is 21.1. The van der Waals surface area contributed by atoms with Crippen LogP contribution >= 0.6 is 0 Å². The second-order valence-corrected chi connectivity index (χ2v) is 6.56. The molecule has 0 atom stereocenters. The number of carbonyl (C=O) groups is 2. The Labute approximate surface area is 165 Å². The average Bonchev–Trinajstić information content (AvgIpc) is 2.69. The summed E-state index contributed by atoms with van der Waals surface area (Å²) in [5.74, 6) is 0.864. The van der Waals surface area contributed by atoms with Crippen LogP contribution in [0.15, 0.2) is 42.5 Å². The molecule has 0 unspecified atom stereocenters. The molecule has 2 aromatic rings. The van der Waals surface area contributed by atoms with Crippen LogP contribution in [0.4, 0.5) is 11.4 Å². The van der Waals surface area contributed by atoms with Gasteiger partial charge in [0.2, 0.25) is 11.8 Å². The molecule has 0 spiro atoms. The summed E-state index contributed by atoms with van der Waals surface area (Å²) in [7, 11) is 3.04. The highest BCUT2D eigenvalue weighted by molar-refractivity contribution is 6.14. The van der Waals surface area contributed by atoms with Crippen molar-refractivity contribution in [3.63, 3.8) is 0 Å². The molecule has 0 saturated heterocycles. The fraction of sp³-hybridized carbons (Fsp3) is 0.333. The molecule has 2 aromatic carbocycles. The van der Waals surface area contributed by atoms with Crippen LogP contribution in [-0.2, 0) is 9.59 Å². The number of methoxy groups -OCH3 is 2. The van der Waals surface area contributed by atoms with Crippen LogP contribution in [0, 0.1) is 5.41 Å². The third-order valence-corrected chi connectivity index (χ3v) is 4.22. The van der Waals surface area contributed by atoms with Crippen LogP contribution in [0.25, 0.3) is 0 Å². The van der Waals surface area contributed by atoms with E-state index in [2.05, 4.69) is 10.6 Å². The van der Waals surface area contributed by atoms with Crippen molar-refractivity contribution in [2.45, 2.75) is 20.8 Å². The third kappa shape index (κ3) is 4.94. The molecule has 0 bridgehead atoms. The molecule has 150 valence electrons. The first-order valence-corrected chi connectivity index (χ1v) is 8.89. The summed E-state index contributed by atoms with van der Waals surface area (Å²) in [6, 6.07) is 12.0. The number of ether oxygens (including phenoxy) is 3. The summed E-state index contributed by atoms with van der Waals surface area (Å²) in [6.45, 7) is 5.58. The zero-order valence-electron chi connectivity index (χ0n) is 16.8. The van der Waals surface area contributed by atoms with Gasteiger partial charge < -0.3 is 24.8 Å². The Balaban J connectivity index is 2.10. The highest BCUT2D eigenvalue weighted by atomic mass is 16.5. The number of rotatable bonds is 8. The predicted molar refractivity (Wildman–Crippen MR) is 108 cm³/mol. The number of anilines is 2. The molecule has 0 aliphatic heterocycles. The lowest BCUT2D eigenvalue weighted by molar-refractivity contribution is -0.135. The normalized spacial score (nSPS) is 10.8. The van der Waals surface area contributed by atoms with Crippen molar-refractivity contribution in [2.75, 3.05) is 31.5 Å². The van der Waals surface area contributed by atoms with Crippen molar-refractivity contribution in [2.24, 2.45) is 5.41 Å². The summed E-state index contributed by atoms with van der Waals surface area (Å²) in [4.78, 5) is 25.4. The molecule has 0 aromatic heterocycles. The Morgan fingerprint density at radius 1 is 0.893 bits per heavy atom. The van der Waals surface area contributed by atoms with Crippen molar-refractivity contribution in [3.05, 3.63) is 42.5 Å². The number of benzene rings is 2. The maximum Gasteiger partial charge on any atom is 0.239 e. The maximum absolute atomic E-state index is 12.7. The quantitative estimate of drug-likeness (QED) is 0.676. The minimum atomic E-state index is -1.32. The Hall–Kier alpha value is -3.22. The molecule has 7 heteroatoms. The van der Waals surface area contributed by atoms with Crippen LogP contribution in [0.1, 0.15) is 20.8 Å². The second kappa shape index (κ2) is 9.12. The molecule has 0 radical (unpaired) electrons. The predicted octanol–water partition coefficient (Wildman–Crippen LogP) is 3.71. The molecule has 0 aliphatic rings. The lowest BCUT2D eigenvalue weighted by Gasteiger charge is -2.23. The van der Waals surface area contributed by atoms with Gasteiger partial charge in [-0.15, -0.1) is 0 Å². The zero-order valence-corrected chi connectivity index (χ0v) is 16.8. The summed E-state index contributed by atoms with van der Waals surface area (Å²) in [5.41, 5.74) is -0.282. The SMILES string of the molecule is CCOc1ccc(NC(=O)C(C)(C)C(=O)Nc2ccc(OC)cc2OC)cc1. The van der Waals surface area contributed by atoms with Gasteiger partial charge >= 0.3 is 0 Å². The lowest BCUT2D eigenvalue weighted by Crippen LogP contribution is -2.41. The highest BCUT2D eigenvalue weighted by Gasteiger charge is 2.36. The van der Waals surface area contributed by atoms with Gasteiger partial charge in [-0.3, -0.25) is 9.59 Å². The summed E-state index contributed by atoms with van der Waals surface area (Å²) in [6.07, 6.45) is 0. The van der Waals surface area contributed by atoms with Crippen molar-refractivity contribution >= 4 is 23.2 Å². The van der Waals surface area contributed by atoms with E-state index >= 15 is 0 Å². The molecule has 0 saturated carbocycles. The number of amides is 2. The summed E-state index contributed by atoms with van der Waals surface area (Å²) in [5, 5.41) is 5.50. The van der Waals surface area contributed by atoms with E-state index < -0.39 is 17.2 Å². The molecule has 0 aliphatic carbocycles. The van der Waals surface area contributed by atoms with Gasteiger partial charge in [0.25, 0.3) is 0 Å². The minimum Gasteiger partial charge on any atom is -0.497 e. The van der Waals surface area contributed by atoms with Crippen LogP contribution < -0.4 is 24.8 Å². The molecule has 2 N–H and O–H groups in total. The van der Waals surface area contributed by atoms with E-state index in [1.165, 1.54) is 7.11 Å². The van der Waals surface area contributed by atoms with Crippen LogP contribution in [0.2, 0.25) is 0 Å². The zero-order chi connectivity index (χ0) is 20.7. The molecule has 2 rings (SSSR count). The smallest absolute Gasteiger partial charge is 0.239 e. The van der Waals surface area contributed by atoms with E-state index in [1.807, 2.05) is 6.92 Å². The molecule has 2 amide bonds. The van der Waals surface area contributed by atoms with Gasteiger partial charge in [-0.2, -0.15) is 0 Å². The Morgan fingerprint density at radius 2 is 1.50 bits per heavy atom. The van der Waals surface area contributed by atoms with Crippen LogP contribution in [0.5, 0.6) is 17.2 Å². The van der Waals surface area contributed by atoms with Gasteiger partial charge in [-0.05, 0) is 57.2 Å². The van der Waals surface area contributed by atoms with Crippen LogP contribution in [0.3, 0.4) is 0 Å². The van der Waals surface area contributed by atoms with Gasteiger partial charge in [0.15, 0.2) is 0 Å². The molecule has 7 nitrogen and oxygen atoms in total. The summed E-state index contributed by atoms with van der Waals surface area (Å²) >= 11 is 0. The molecule has 28 heavy (non-hydrogen) atoms. The molecular formula is C21H26N2O5. The maximum atomic E-state index is 12.7. The average molecular weight is 386 g/mol. The van der Waals surface area contributed by atoms with E-state index in [0.717, 1.165) is 0 Å². The largest absolute Gasteiger partial charge is 0.497 e. The Morgan fingerprint density at radius 3 is 2.07 bits per heavy atom. The van der Waals surface area contributed by atoms with Gasteiger partial charge in [0.05, 0.1) is 26.5 Å². The van der Waals surface area contributed by atoms with Crippen molar-refractivity contribution in [1.82, 2.24) is 0 Å². The number of carbonyl (C=O) groups excluding carboxylic acids is 2. The fourth-order valence-electron chi connectivity index (χ4n) is 2.37. The van der Waals surface area contributed by atoms with Gasteiger partial charge in [0.1, 0.15) is 22.7 Å². The van der Waals surface area contributed by atoms with E-state index in [9.17, 15) is 9.59 Å². The first-order valence-electron chi connectivity index (χ1n) is 8.89. The minimum absolute atomic E-state index is 0.429. The lowest BCUT2D eigenvalue weighted by atomic mass is 9.90. The van der Waals surface area contributed by atoms with Crippen molar-refractivity contribution < 1.29 is 23.8 Å². The number of nitrogens with one attached hydrogen (secondary N) is 2. The van der Waals surface area contributed by atoms with E-state index in [1.54, 1.807) is 63.4 Å². The van der Waals surface area contributed by atoms with Crippen molar-refractivity contribution in [1.29, 1.82) is 0 Å². The third-order valence-electron chi connectivity index (χ3n) is 4.22. The van der Waals surface area contributed by atoms with E-state index in [-0.39, 0.29) is 0 Å². The van der Waals surface area contributed by atoms with Crippen molar-refractivity contribution in [3.8, 4) is 17.2 Å². The summed E-state index contributed by atoms with van der Waals surface area (Å²) < 4.78 is 15.8. The highest BCUT2D eigenvalue weighted by Crippen LogP contribution is 2.31. The monoisotopic (exact) mass is 386 g/mol.